The van der Waals surface area contributed by atoms with Crippen molar-refractivity contribution in [3.05, 3.63) is 64.2 Å². The number of nitrogens with one attached hydrogen (secondary N) is 2. The molecule has 2 aromatic carbocycles. The molecule has 0 aliphatic carbocycles. The zero-order valence-electron chi connectivity index (χ0n) is 14.6. The first-order chi connectivity index (χ1) is 12.4. The molecule has 0 atom stereocenters. The lowest BCUT2D eigenvalue weighted by Gasteiger charge is -2.21. The summed E-state index contributed by atoms with van der Waals surface area (Å²) in [6.45, 7) is 6.02. The minimum absolute atomic E-state index is 0.122. The number of nitro groups is 1. The van der Waals surface area contributed by atoms with E-state index in [-0.39, 0.29) is 16.4 Å². The van der Waals surface area contributed by atoms with Gasteiger partial charge in [-0.15, -0.1) is 0 Å². The molecule has 1 amide bonds. The summed E-state index contributed by atoms with van der Waals surface area (Å²) in [4.78, 5) is 24.6. The molecule has 136 valence electrons. The van der Waals surface area contributed by atoms with Crippen LogP contribution < -0.4 is 15.5 Å². The largest absolute Gasteiger partial charge is 0.372 e. The van der Waals surface area contributed by atoms with E-state index in [0.29, 0.717) is 0 Å². The molecule has 0 bridgehead atoms. The summed E-state index contributed by atoms with van der Waals surface area (Å²) in [6, 6.07) is 13.2. The summed E-state index contributed by atoms with van der Waals surface area (Å²) >= 11 is 5.14. The molecule has 0 aliphatic rings. The predicted molar refractivity (Wildman–Crippen MR) is 107 cm³/mol. The van der Waals surface area contributed by atoms with Crippen LogP contribution in [0, 0.1) is 10.1 Å². The standard InChI is InChI=1S/C18H20N4O3S/c1-3-21(4-2)15-10-8-14(9-11-15)19-18(26)20-17(23)13-6-5-7-16(12-13)22(24)25/h5-12H,3-4H2,1-2H3,(H2,19,20,23,26). The smallest absolute Gasteiger partial charge is 0.270 e. The molecule has 0 fully saturated rings. The average molecular weight is 372 g/mol. The van der Waals surface area contributed by atoms with Crippen LogP contribution in [0.1, 0.15) is 24.2 Å². The molecule has 0 aliphatic heterocycles. The number of hydrogen-bond donors (Lipinski definition) is 2. The number of benzene rings is 2. The van der Waals surface area contributed by atoms with Gasteiger partial charge in [0.2, 0.25) is 0 Å². The van der Waals surface area contributed by atoms with Gasteiger partial charge in [0.15, 0.2) is 5.11 Å². The van der Waals surface area contributed by atoms with Crippen molar-refractivity contribution < 1.29 is 9.72 Å². The molecular weight excluding hydrogens is 352 g/mol. The summed E-state index contributed by atoms with van der Waals surface area (Å²) in [5, 5.41) is 16.4. The van der Waals surface area contributed by atoms with Crippen molar-refractivity contribution in [2.24, 2.45) is 0 Å². The van der Waals surface area contributed by atoms with E-state index in [2.05, 4.69) is 29.4 Å². The van der Waals surface area contributed by atoms with Crippen LogP contribution in [0.15, 0.2) is 48.5 Å². The molecule has 0 heterocycles. The second-order valence-electron chi connectivity index (χ2n) is 5.43. The SMILES string of the molecule is CCN(CC)c1ccc(NC(=S)NC(=O)c2cccc([N+](=O)[O-])c2)cc1. The number of carbonyl (C=O) groups excluding carboxylic acids is 1. The number of nitrogens with zero attached hydrogens (tertiary/aromatic N) is 2. The molecule has 2 rings (SSSR count). The lowest BCUT2D eigenvalue weighted by atomic mass is 10.2. The van der Waals surface area contributed by atoms with Crippen LogP contribution in [0.5, 0.6) is 0 Å². The van der Waals surface area contributed by atoms with Crippen molar-refractivity contribution in [3.63, 3.8) is 0 Å². The van der Waals surface area contributed by atoms with Gasteiger partial charge in [-0.25, -0.2) is 0 Å². The van der Waals surface area contributed by atoms with Gasteiger partial charge in [-0.3, -0.25) is 20.2 Å². The van der Waals surface area contributed by atoms with Crippen LogP contribution in [-0.2, 0) is 0 Å². The molecular formula is C18H20N4O3S. The number of rotatable bonds is 6. The maximum atomic E-state index is 12.2. The highest BCUT2D eigenvalue weighted by Crippen LogP contribution is 2.18. The first-order valence-corrected chi connectivity index (χ1v) is 8.57. The fourth-order valence-electron chi connectivity index (χ4n) is 2.44. The third-order valence-corrected chi connectivity index (χ3v) is 4.00. The van der Waals surface area contributed by atoms with Gasteiger partial charge < -0.3 is 10.2 Å². The van der Waals surface area contributed by atoms with Crippen LogP contribution in [0.4, 0.5) is 17.1 Å². The fraction of sp³-hybridized carbons (Fsp3) is 0.222. The molecule has 0 spiro atoms. The van der Waals surface area contributed by atoms with Crippen molar-refractivity contribution in [2.45, 2.75) is 13.8 Å². The van der Waals surface area contributed by atoms with Crippen molar-refractivity contribution >= 4 is 40.3 Å². The average Bonchev–Trinajstić information content (AvgIpc) is 2.64. The number of amides is 1. The summed E-state index contributed by atoms with van der Waals surface area (Å²) in [6.07, 6.45) is 0. The highest BCUT2D eigenvalue weighted by molar-refractivity contribution is 7.80. The fourth-order valence-corrected chi connectivity index (χ4v) is 2.65. The van der Waals surface area contributed by atoms with E-state index in [1.807, 2.05) is 24.3 Å². The maximum absolute atomic E-state index is 12.2. The van der Waals surface area contributed by atoms with Gasteiger partial charge in [0.25, 0.3) is 11.6 Å². The number of nitro benzene ring substituents is 1. The van der Waals surface area contributed by atoms with Crippen molar-refractivity contribution in [2.75, 3.05) is 23.3 Å². The highest BCUT2D eigenvalue weighted by atomic mass is 32.1. The van der Waals surface area contributed by atoms with Crippen molar-refractivity contribution in [1.82, 2.24) is 5.32 Å². The summed E-state index contributed by atoms with van der Waals surface area (Å²) in [5.74, 6) is -0.508. The predicted octanol–water partition coefficient (Wildman–Crippen LogP) is 3.57. The Bertz CT molecular complexity index is 804. The Kier molecular flexibility index (Phi) is 6.62. The Labute approximate surface area is 157 Å². The van der Waals surface area contributed by atoms with Gasteiger partial charge in [0, 0.05) is 42.2 Å². The summed E-state index contributed by atoms with van der Waals surface area (Å²) in [7, 11) is 0. The molecule has 8 heteroatoms. The van der Waals surface area contributed by atoms with Gasteiger partial charge in [-0.2, -0.15) is 0 Å². The molecule has 0 unspecified atom stereocenters. The number of thiocarbonyl (C=S) groups is 1. The maximum Gasteiger partial charge on any atom is 0.270 e. The number of non-ortho nitro benzene ring substituents is 1. The summed E-state index contributed by atoms with van der Waals surface area (Å²) < 4.78 is 0. The van der Waals surface area contributed by atoms with E-state index in [1.54, 1.807) is 0 Å². The lowest BCUT2D eigenvalue weighted by molar-refractivity contribution is -0.384. The van der Waals surface area contributed by atoms with E-state index in [1.165, 1.54) is 24.3 Å². The van der Waals surface area contributed by atoms with E-state index in [0.717, 1.165) is 24.5 Å². The van der Waals surface area contributed by atoms with Gasteiger partial charge >= 0.3 is 0 Å². The Morgan fingerprint density at radius 1 is 1.15 bits per heavy atom. The van der Waals surface area contributed by atoms with Crippen LogP contribution >= 0.6 is 12.2 Å². The van der Waals surface area contributed by atoms with Crippen LogP contribution in [0.2, 0.25) is 0 Å². The van der Waals surface area contributed by atoms with E-state index in [9.17, 15) is 14.9 Å². The van der Waals surface area contributed by atoms with Gasteiger partial charge in [0.05, 0.1) is 4.92 Å². The zero-order valence-corrected chi connectivity index (χ0v) is 15.4. The first kappa shape index (κ1) is 19.3. The van der Waals surface area contributed by atoms with E-state index < -0.39 is 10.8 Å². The van der Waals surface area contributed by atoms with Gasteiger partial charge in [-0.1, -0.05) is 6.07 Å². The molecule has 2 N–H and O–H groups in total. The number of carbonyl (C=O) groups is 1. The normalized spacial score (nSPS) is 10.1. The minimum atomic E-state index is -0.551. The van der Waals surface area contributed by atoms with E-state index >= 15 is 0 Å². The van der Waals surface area contributed by atoms with Crippen molar-refractivity contribution in [1.29, 1.82) is 0 Å². The Morgan fingerprint density at radius 3 is 2.38 bits per heavy atom. The Hall–Kier alpha value is -3.00. The number of hydrogen-bond acceptors (Lipinski definition) is 5. The van der Waals surface area contributed by atoms with Crippen molar-refractivity contribution in [3.8, 4) is 0 Å². The Morgan fingerprint density at radius 2 is 1.81 bits per heavy atom. The molecule has 26 heavy (non-hydrogen) atoms. The second kappa shape index (κ2) is 8.91. The molecule has 2 aromatic rings. The monoisotopic (exact) mass is 372 g/mol. The molecule has 0 saturated heterocycles. The highest BCUT2D eigenvalue weighted by Gasteiger charge is 2.12. The van der Waals surface area contributed by atoms with Gasteiger partial charge in [0.1, 0.15) is 0 Å². The van der Waals surface area contributed by atoms with Crippen LogP contribution in [-0.4, -0.2) is 29.0 Å². The third-order valence-electron chi connectivity index (χ3n) is 3.80. The number of anilines is 2. The first-order valence-electron chi connectivity index (χ1n) is 8.16. The van der Waals surface area contributed by atoms with Crippen LogP contribution in [0.25, 0.3) is 0 Å². The van der Waals surface area contributed by atoms with Gasteiger partial charge in [-0.05, 0) is 56.4 Å². The molecule has 0 saturated carbocycles. The lowest BCUT2D eigenvalue weighted by Crippen LogP contribution is -2.34. The zero-order chi connectivity index (χ0) is 19.1. The van der Waals surface area contributed by atoms with E-state index in [4.69, 9.17) is 12.2 Å². The topological polar surface area (TPSA) is 87.5 Å². The summed E-state index contributed by atoms with van der Waals surface area (Å²) in [5.41, 5.74) is 1.86. The Balaban J connectivity index is 1.99. The molecule has 0 aromatic heterocycles. The molecule has 0 radical (unpaired) electrons. The third kappa shape index (κ3) is 5.00. The minimum Gasteiger partial charge on any atom is -0.372 e. The quantitative estimate of drug-likeness (QED) is 0.458. The molecule has 7 nitrogen and oxygen atoms in total. The van der Waals surface area contributed by atoms with Crippen LogP contribution in [0.3, 0.4) is 0 Å². The second-order valence-corrected chi connectivity index (χ2v) is 5.84.